The molecule has 33 heavy (non-hydrogen) atoms. The van der Waals surface area contributed by atoms with Gasteiger partial charge in [-0.1, -0.05) is 66.2 Å². The number of hydrogen-bond donors (Lipinski definition) is 0. The van der Waals surface area contributed by atoms with Crippen LogP contribution in [0.15, 0.2) is 102 Å². The maximum Gasteiger partial charge on any atom is 0.272 e. The van der Waals surface area contributed by atoms with Gasteiger partial charge in [0, 0.05) is 10.6 Å². The van der Waals surface area contributed by atoms with Crippen LogP contribution in [0.3, 0.4) is 0 Å². The molecule has 0 saturated heterocycles. The molecule has 0 N–H and O–H groups in total. The minimum atomic E-state index is -4.19. The van der Waals surface area contributed by atoms with E-state index in [1.807, 2.05) is 55.5 Å². The molecule has 0 bridgehead atoms. The lowest BCUT2D eigenvalue weighted by Crippen LogP contribution is -2.37. The molecule has 4 aromatic carbocycles. The van der Waals surface area contributed by atoms with E-state index in [-0.39, 0.29) is 10.5 Å². The average Bonchev–Trinajstić information content (AvgIpc) is 2.82. The van der Waals surface area contributed by atoms with Crippen LogP contribution in [0.4, 0.5) is 5.69 Å². The first kappa shape index (κ1) is 22.8. The van der Waals surface area contributed by atoms with Crippen molar-refractivity contribution in [2.24, 2.45) is 0 Å². The van der Waals surface area contributed by atoms with Crippen LogP contribution < -0.4 is 4.31 Å². The van der Waals surface area contributed by atoms with Gasteiger partial charge in [-0.25, -0.2) is 8.42 Å². The van der Waals surface area contributed by atoms with Gasteiger partial charge < -0.3 is 0 Å². The topological polar surface area (TPSA) is 54.5 Å². The monoisotopic (exact) mass is 475 g/mol. The molecule has 0 aliphatic carbocycles. The summed E-state index contributed by atoms with van der Waals surface area (Å²) in [5.41, 5.74) is 4.06. The largest absolute Gasteiger partial charge is 0.272 e. The minimum absolute atomic E-state index is 0.0120. The first-order valence-electron chi connectivity index (χ1n) is 10.4. The maximum absolute atomic E-state index is 13.7. The van der Waals surface area contributed by atoms with Gasteiger partial charge in [0.1, 0.15) is 0 Å². The van der Waals surface area contributed by atoms with Gasteiger partial charge in [-0.2, -0.15) is 4.31 Å². The van der Waals surface area contributed by atoms with Crippen molar-refractivity contribution in [1.82, 2.24) is 0 Å². The van der Waals surface area contributed by atoms with E-state index < -0.39 is 15.9 Å². The van der Waals surface area contributed by atoms with E-state index in [9.17, 15) is 13.2 Å². The Morgan fingerprint density at radius 2 is 1.36 bits per heavy atom. The molecule has 6 heteroatoms. The van der Waals surface area contributed by atoms with Crippen molar-refractivity contribution in [3.8, 4) is 11.1 Å². The Hall–Kier alpha value is -3.41. The van der Waals surface area contributed by atoms with Crippen molar-refractivity contribution < 1.29 is 13.2 Å². The van der Waals surface area contributed by atoms with Crippen molar-refractivity contribution in [3.63, 3.8) is 0 Å². The zero-order valence-corrected chi connectivity index (χ0v) is 19.8. The molecular formula is C27H22ClNO3S. The second-order valence-electron chi connectivity index (χ2n) is 7.76. The highest BCUT2D eigenvalue weighted by Gasteiger charge is 2.33. The second kappa shape index (κ2) is 9.22. The van der Waals surface area contributed by atoms with Gasteiger partial charge in [0.15, 0.2) is 0 Å². The third kappa shape index (κ3) is 4.70. The molecule has 0 saturated carbocycles. The highest BCUT2D eigenvalue weighted by molar-refractivity contribution is 7.93. The SMILES string of the molecule is Cc1ccc(C)c(N(C(=O)c2ccc(-c3ccccc3)cc2)S(=O)(=O)c2ccc(Cl)cc2)c1. The summed E-state index contributed by atoms with van der Waals surface area (Å²) in [6.07, 6.45) is 0. The summed E-state index contributed by atoms with van der Waals surface area (Å²) in [7, 11) is -4.19. The number of carbonyl (C=O) groups excluding carboxylic acids is 1. The van der Waals surface area contributed by atoms with Crippen LogP contribution in [-0.4, -0.2) is 14.3 Å². The van der Waals surface area contributed by atoms with E-state index in [2.05, 4.69) is 0 Å². The number of nitrogens with zero attached hydrogens (tertiary/aromatic N) is 1. The smallest absolute Gasteiger partial charge is 0.268 e. The first-order valence-corrected chi connectivity index (χ1v) is 12.2. The molecule has 1 amide bonds. The Kier molecular flexibility index (Phi) is 6.36. The molecule has 4 nitrogen and oxygen atoms in total. The Bertz CT molecular complexity index is 1400. The van der Waals surface area contributed by atoms with Crippen LogP contribution in [0.5, 0.6) is 0 Å². The average molecular weight is 476 g/mol. The number of aryl methyl sites for hydroxylation is 2. The summed E-state index contributed by atoms with van der Waals surface area (Å²) in [5, 5.41) is 0.412. The Balaban J connectivity index is 1.82. The third-order valence-corrected chi connectivity index (χ3v) is 7.32. The van der Waals surface area contributed by atoms with E-state index in [1.165, 1.54) is 24.3 Å². The quantitative estimate of drug-likeness (QED) is 0.324. The molecule has 0 aliphatic rings. The Morgan fingerprint density at radius 3 is 2.00 bits per heavy atom. The van der Waals surface area contributed by atoms with Crippen molar-refractivity contribution >= 4 is 33.2 Å². The molecule has 0 atom stereocenters. The summed E-state index contributed by atoms with van der Waals surface area (Å²) in [5.74, 6) is -0.627. The molecule has 166 valence electrons. The molecule has 4 rings (SSSR count). The molecule has 4 aromatic rings. The van der Waals surface area contributed by atoms with E-state index in [1.54, 1.807) is 31.2 Å². The molecule has 0 heterocycles. The van der Waals surface area contributed by atoms with Crippen LogP contribution in [0.25, 0.3) is 11.1 Å². The molecule has 0 radical (unpaired) electrons. The second-order valence-corrected chi connectivity index (χ2v) is 9.98. The van der Waals surface area contributed by atoms with Crippen LogP contribution in [-0.2, 0) is 10.0 Å². The summed E-state index contributed by atoms with van der Waals surface area (Å²) < 4.78 is 28.2. The van der Waals surface area contributed by atoms with E-state index in [4.69, 9.17) is 11.6 Å². The predicted octanol–water partition coefficient (Wildman–Crippen LogP) is 6.66. The van der Waals surface area contributed by atoms with Gasteiger partial charge in [0.25, 0.3) is 15.9 Å². The standard InChI is InChI=1S/C27H22ClNO3S/c1-19-8-9-20(2)26(18-19)29(33(31,32)25-16-14-24(28)15-17-25)27(30)23-12-10-22(11-13-23)21-6-4-3-5-7-21/h3-18H,1-2H3. The van der Waals surface area contributed by atoms with E-state index >= 15 is 0 Å². The van der Waals surface area contributed by atoms with Crippen molar-refractivity contribution in [3.05, 3.63) is 119 Å². The van der Waals surface area contributed by atoms with Gasteiger partial charge in [-0.05, 0) is 78.6 Å². The number of hydrogen-bond acceptors (Lipinski definition) is 3. The van der Waals surface area contributed by atoms with Crippen LogP contribution in [0, 0.1) is 13.8 Å². The summed E-state index contributed by atoms with van der Waals surface area (Å²) in [6.45, 7) is 3.64. The van der Waals surface area contributed by atoms with Crippen LogP contribution >= 0.6 is 11.6 Å². The van der Waals surface area contributed by atoms with E-state index in [0.717, 1.165) is 21.0 Å². The third-order valence-electron chi connectivity index (χ3n) is 5.36. The first-order chi connectivity index (χ1) is 15.8. The fraction of sp³-hybridized carbons (Fsp3) is 0.0741. The summed E-state index contributed by atoms with van der Waals surface area (Å²) >= 11 is 5.95. The summed E-state index contributed by atoms with van der Waals surface area (Å²) in [4.78, 5) is 13.7. The molecule has 0 fully saturated rings. The van der Waals surface area contributed by atoms with Crippen molar-refractivity contribution in [2.75, 3.05) is 4.31 Å². The molecule has 0 spiro atoms. The lowest BCUT2D eigenvalue weighted by atomic mass is 10.0. The lowest BCUT2D eigenvalue weighted by molar-refractivity contribution is 0.100. The van der Waals surface area contributed by atoms with Crippen LogP contribution in [0.1, 0.15) is 21.5 Å². The lowest BCUT2D eigenvalue weighted by Gasteiger charge is -2.25. The van der Waals surface area contributed by atoms with Gasteiger partial charge >= 0.3 is 0 Å². The highest BCUT2D eigenvalue weighted by atomic mass is 35.5. The fourth-order valence-corrected chi connectivity index (χ4v) is 5.15. The minimum Gasteiger partial charge on any atom is -0.268 e. The Labute approximate surface area is 199 Å². The fourth-order valence-electron chi connectivity index (χ4n) is 3.55. The highest BCUT2D eigenvalue weighted by Crippen LogP contribution is 2.31. The Morgan fingerprint density at radius 1 is 0.758 bits per heavy atom. The zero-order valence-electron chi connectivity index (χ0n) is 18.2. The number of amides is 1. The van der Waals surface area contributed by atoms with Gasteiger partial charge in [-0.3, -0.25) is 4.79 Å². The van der Waals surface area contributed by atoms with E-state index in [0.29, 0.717) is 16.3 Å². The van der Waals surface area contributed by atoms with Crippen molar-refractivity contribution in [1.29, 1.82) is 0 Å². The normalized spacial score (nSPS) is 11.2. The summed E-state index contributed by atoms with van der Waals surface area (Å²) in [6, 6.07) is 27.9. The number of anilines is 1. The van der Waals surface area contributed by atoms with Gasteiger partial charge in [0.2, 0.25) is 0 Å². The predicted molar refractivity (Wildman–Crippen MR) is 133 cm³/mol. The number of carbonyl (C=O) groups is 1. The molecular weight excluding hydrogens is 454 g/mol. The van der Waals surface area contributed by atoms with Crippen molar-refractivity contribution in [2.45, 2.75) is 18.7 Å². The molecule has 0 aromatic heterocycles. The van der Waals surface area contributed by atoms with Gasteiger partial charge in [-0.15, -0.1) is 0 Å². The zero-order chi connectivity index (χ0) is 23.6. The number of sulfonamides is 1. The molecule has 0 unspecified atom stereocenters. The molecule has 0 aliphatic heterocycles. The number of rotatable bonds is 5. The number of benzene rings is 4. The maximum atomic E-state index is 13.7. The number of halogens is 1. The van der Waals surface area contributed by atoms with Crippen LogP contribution in [0.2, 0.25) is 5.02 Å². The van der Waals surface area contributed by atoms with Gasteiger partial charge in [0.05, 0.1) is 10.6 Å².